The Morgan fingerprint density at radius 3 is 2.82 bits per heavy atom. The second kappa shape index (κ2) is 8.83. The number of halogens is 1. The standard InChI is InChI=1S/C21H20ClN5O6/c22-12-8-23-19(24-9-12)20(29)25-10-17-15-3-5-32-16-7-13(26-4-6-31-11-18(26)28)1-2-14(16)27(15)21(30)33-17/h1-2,7-9,15,17H,3-6,10-11H2,(H,25,29)/t15-,17-/m0/s1. The number of nitrogens with one attached hydrogen (secondary N) is 1. The van der Waals surface area contributed by atoms with Crippen LogP contribution in [0.1, 0.15) is 17.0 Å². The molecule has 1 aromatic heterocycles. The molecule has 0 aliphatic carbocycles. The van der Waals surface area contributed by atoms with Gasteiger partial charge in [-0.05, 0) is 12.1 Å². The Kier molecular flexibility index (Phi) is 5.73. The lowest BCUT2D eigenvalue weighted by atomic mass is 10.1. The summed E-state index contributed by atoms with van der Waals surface area (Å²) in [5.74, 6) is -0.161. The molecule has 1 N–H and O–H groups in total. The third kappa shape index (κ3) is 4.16. The van der Waals surface area contributed by atoms with Crippen LogP contribution in [0.4, 0.5) is 16.2 Å². The first-order chi connectivity index (χ1) is 16.0. The number of anilines is 2. The van der Waals surface area contributed by atoms with E-state index in [4.69, 9.17) is 25.8 Å². The molecule has 172 valence electrons. The molecule has 11 nitrogen and oxygen atoms in total. The molecule has 2 saturated heterocycles. The molecule has 4 heterocycles. The zero-order valence-corrected chi connectivity index (χ0v) is 18.2. The average molecular weight is 474 g/mol. The molecule has 2 aromatic rings. The van der Waals surface area contributed by atoms with Crippen molar-refractivity contribution >= 4 is 40.9 Å². The molecule has 5 rings (SSSR count). The Morgan fingerprint density at radius 1 is 1.21 bits per heavy atom. The van der Waals surface area contributed by atoms with Gasteiger partial charge in [0, 0.05) is 37.1 Å². The van der Waals surface area contributed by atoms with Gasteiger partial charge in [0.25, 0.3) is 11.8 Å². The SMILES string of the molecule is O=C(NC[C@@H]1OC(=O)N2c3ccc(N4CCOCC4=O)cc3OCC[C@@H]12)c1ncc(Cl)cn1. The summed E-state index contributed by atoms with van der Waals surface area (Å²) in [7, 11) is 0. The van der Waals surface area contributed by atoms with Crippen molar-refractivity contribution in [2.75, 3.05) is 42.7 Å². The summed E-state index contributed by atoms with van der Waals surface area (Å²) in [4.78, 5) is 48.2. The van der Waals surface area contributed by atoms with E-state index < -0.39 is 18.1 Å². The number of hydrogen-bond acceptors (Lipinski definition) is 8. The summed E-state index contributed by atoms with van der Waals surface area (Å²) in [6.07, 6.45) is 2.07. The Bertz CT molecular complexity index is 1100. The molecule has 0 bridgehead atoms. The van der Waals surface area contributed by atoms with Crippen LogP contribution in [0.5, 0.6) is 5.75 Å². The van der Waals surface area contributed by atoms with E-state index in [1.165, 1.54) is 12.4 Å². The molecule has 2 atom stereocenters. The van der Waals surface area contributed by atoms with Crippen LogP contribution in [-0.2, 0) is 14.3 Å². The van der Waals surface area contributed by atoms with Crippen LogP contribution in [0.3, 0.4) is 0 Å². The van der Waals surface area contributed by atoms with Crippen LogP contribution >= 0.6 is 11.6 Å². The lowest BCUT2D eigenvalue weighted by molar-refractivity contribution is -0.125. The Balaban J connectivity index is 1.32. The first-order valence-corrected chi connectivity index (χ1v) is 10.8. The topological polar surface area (TPSA) is 123 Å². The van der Waals surface area contributed by atoms with Gasteiger partial charge in [0.05, 0.1) is 36.5 Å². The summed E-state index contributed by atoms with van der Waals surface area (Å²) in [5, 5.41) is 3.03. The summed E-state index contributed by atoms with van der Waals surface area (Å²) >= 11 is 5.75. The normalized spacial score (nSPS) is 22.1. The molecule has 0 radical (unpaired) electrons. The monoisotopic (exact) mass is 473 g/mol. The van der Waals surface area contributed by atoms with Gasteiger partial charge in [0.1, 0.15) is 18.5 Å². The van der Waals surface area contributed by atoms with Crippen LogP contribution in [-0.4, -0.2) is 72.9 Å². The number of aromatic nitrogens is 2. The van der Waals surface area contributed by atoms with Gasteiger partial charge in [0.15, 0.2) is 0 Å². The van der Waals surface area contributed by atoms with E-state index in [1.54, 1.807) is 28.0 Å². The van der Waals surface area contributed by atoms with Crippen molar-refractivity contribution in [1.29, 1.82) is 0 Å². The van der Waals surface area contributed by atoms with Gasteiger partial charge in [-0.2, -0.15) is 0 Å². The van der Waals surface area contributed by atoms with Crippen LogP contribution < -0.4 is 19.9 Å². The predicted molar refractivity (Wildman–Crippen MR) is 116 cm³/mol. The quantitative estimate of drug-likeness (QED) is 0.706. The molecule has 12 heteroatoms. The third-order valence-corrected chi connectivity index (χ3v) is 5.86. The predicted octanol–water partition coefficient (Wildman–Crippen LogP) is 1.40. The molecule has 3 amide bonds. The number of carbonyl (C=O) groups excluding carboxylic acids is 3. The number of nitrogens with zero attached hydrogens (tertiary/aromatic N) is 4. The van der Waals surface area contributed by atoms with Crippen molar-refractivity contribution < 1.29 is 28.6 Å². The highest BCUT2D eigenvalue weighted by molar-refractivity contribution is 6.30. The van der Waals surface area contributed by atoms with Gasteiger partial charge >= 0.3 is 6.09 Å². The number of amides is 3. The van der Waals surface area contributed by atoms with Crippen molar-refractivity contribution in [2.45, 2.75) is 18.6 Å². The first kappa shape index (κ1) is 21.4. The lowest BCUT2D eigenvalue weighted by Crippen LogP contribution is -2.42. The average Bonchev–Trinajstić information content (AvgIpc) is 3.00. The van der Waals surface area contributed by atoms with E-state index in [0.717, 1.165) is 0 Å². The highest BCUT2D eigenvalue weighted by Crippen LogP contribution is 2.40. The van der Waals surface area contributed by atoms with Gasteiger partial charge in [-0.25, -0.2) is 14.8 Å². The van der Waals surface area contributed by atoms with E-state index >= 15 is 0 Å². The van der Waals surface area contributed by atoms with Crippen LogP contribution in [0.2, 0.25) is 5.02 Å². The smallest absolute Gasteiger partial charge is 0.415 e. The number of carbonyl (C=O) groups is 3. The van der Waals surface area contributed by atoms with Crippen LogP contribution in [0.25, 0.3) is 0 Å². The fraction of sp³-hybridized carbons (Fsp3) is 0.381. The molecule has 2 fully saturated rings. The minimum Gasteiger partial charge on any atom is -0.491 e. The van der Waals surface area contributed by atoms with Crippen LogP contribution in [0, 0.1) is 0 Å². The Hall–Kier alpha value is -3.44. The van der Waals surface area contributed by atoms with E-state index in [-0.39, 0.29) is 30.9 Å². The van der Waals surface area contributed by atoms with E-state index in [0.29, 0.717) is 48.3 Å². The zero-order valence-electron chi connectivity index (χ0n) is 17.4. The summed E-state index contributed by atoms with van der Waals surface area (Å²) in [6, 6.07) is 4.94. The maximum Gasteiger partial charge on any atom is 0.415 e. The number of morpholine rings is 1. The van der Waals surface area contributed by atoms with Crippen LogP contribution in [0.15, 0.2) is 30.6 Å². The lowest BCUT2D eigenvalue weighted by Gasteiger charge is -2.28. The van der Waals surface area contributed by atoms with Gasteiger partial charge in [0.2, 0.25) is 5.82 Å². The van der Waals surface area contributed by atoms with Crippen molar-refractivity contribution in [3.8, 4) is 5.75 Å². The minimum atomic E-state index is -0.580. The van der Waals surface area contributed by atoms with Crippen molar-refractivity contribution in [3.63, 3.8) is 0 Å². The second-order valence-corrected chi connectivity index (χ2v) is 8.12. The number of cyclic esters (lactones) is 1. The highest BCUT2D eigenvalue weighted by Gasteiger charge is 2.45. The summed E-state index contributed by atoms with van der Waals surface area (Å²) in [6.45, 7) is 1.38. The third-order valence-electron chi connectivity index (χ3n) is 5.67. The first-order valence-electron chi connectivity index (χ1n) is 10.4. The zero-order chi connectivity index (χ0) is 22.9. The maximum absolute atomic E-state index is 12.7. The second-order valence-electron chi connectivity index (χ2n) is 7.68. The number of ether oxygens (including phenoxy) is 3. The molecule has 1 aromatic carbocycles. The maximum atomic E-state index is 12.7. The number of fused-ring (bicyclic) bond motifs is 3. The Morgan fingerprint density at radius 2 is 2.03 bits per heavy atom. The van der Waals surface area contributed by atoms with Crippen molar-refractivity contribution in [1.82, 2.24) is 15.3 Å². The molecule has 33 heavy (non-hydrogen) atoms. The molecule has 3 aliphatic heterocycles. The van der Waals surface area contributed by atoms with Gasteiger partial charge in [-0.1, -0.05) is 11.6 Å². The van der Waals surface area contributed by atoms with Crippen molar-refractivity contribution in [3.05, 3.63) is 41.4 Å². The number of hydrogen-bond donors (Lipinski definition) is 1. The fourth-order valence-corrected chi connectivity index (χ4v) is 4.20. The van der Waals surface area contributed by atoms with Gasteiger partial charge < -0.3 is 24.4 Å². The number of rotatable bonds is 4. The number of benzene rings is 1. The largest absolute Gasteiger partial charge is 0.491 e. The van der Waals surface area contributed by atoms with E-state index in [9.17, 15) is 14.4 Å². The molecular formula is C21H20ClN5O6. The highest BCUT2D eigenvalue weighted by atomic mass is 35.5. The van der Waals surface area contributed by atoms with E-state index in [2.05, 4.69) is 15.3 Å². The molecular weight excluding hydrogens is 454 g/mol. The molecule has 0 saturated carbocycles. The molecule has 0 unspecified atom stereocenters. The molecule has 0 spiro atoms. The summed E-state index contributed by atoms with van der Waals surface area (Å²) in [5.41, 5.74) is 1.24. The Labute approximate surface area is 193 Å². The van der Waals surface area contributed by atoms with E-state index in [1.807, 2.05) is 0 Å². The van der Waals surface area contributed by atoms with Crippen molar-refractivity contribution in [2.24, 2.45) is 0 Å². The van der Waals surface area contributed by atoms with Gasteiger partial charge in [-0.3, -0.25) is 14.5 Å². The fourth-order valence-electron chi connectivity index (χ4n) is 4.10. The molecule has 3 aliphatic rings. The van der Waals surface area contributed by atoms with Gasteiger partial charge in [-0.15, -0.1) is 0 Å². The summed E-state index contributed by atoms with van der Waals surface area (Å²) < 4.78 is 16.7. The minimum absolute atomic E-state index is 0.0275.